The molecule has 2 aliphatic heterocycles. The highest BCUT2D eigenvalue weighted by atomic mass is 32.2. The third-order valence-electron chi connectivity index (χ3n) is 3.67. The number of anilines is 1. The molecule has 0 radical (unpaired) electrons. The van der Waals surface area contributed by atoms with Crippen molar-refractivity contribution in [3.63, 3.8) is 0 Å². The van der Waals surface area contributed by atoms with E-state index in [0.717, 1.165) is 10.6 Å². The van der Waals surface area contributed by atoms with Gasteiger partial charge in [0, 0.05) is 17.9 Å². The molecule has 0 aliphatic carbocycles. The molecule has 0 saturated carbocycles. The molecule has 1 fully saturated rings. The van der Waals surface area contributed by atoms with Crippen LogP contribution in [-0.4, -0.2) is 42.1 Å². The monoisotopic (exact) mass is 336 g/mol. The molecule has 2 atom stereocenters. The molecule has 2 heterocycles. The van der Waals surface area contributed by atoms with Crippen molar-refractivity contribution in [3.8, 4) is 0 Å². The number of thioether (sulfide) groups is 1. The second-order valence-electron chi connectivity index (χ2n) is 6.05. The predicted octanol–water partition coefficient (Wildman–Crippen LogP) is 1.76. The smallest absolute Gasteiger partial charge is 0.238 e. The lowest BCUT2D eigenvalue weighted by atomic mass is 10.2. The summed E-state index contributed by atoms with van der Waals surface area (Å²) in [6.07, 6.45) is -0.00977. The Kier molecular flexibility index (Phi) is 4.61. The summed E-state index contributed by atoms with van der Waals surface area (Å²) in [7, 11) is 0. The van der Waals surface area contributed by atoms with Crippen LogP contribution >= 0.6 is 11.8 Å². The lowest BCUT2D eigenvalue weighted by Gasteiger charge is -2.23. The number of fused-ring (bicyclic) bond motifs is 1. The zero-order chi connectivity index (χ0) is 16.4. The van der Waals surface area contributed by atoms with Crippen molar-refractivity contribution in [2.24, 2.45) is 0 Å². The first-order valence-corrected chi connectivity index (χ1v) is 8.46. The number of nitrogens with one attached hydrogen (secondary N) is 2. The first-order valence-electron chi connectivity index (χ1n) is 7.58. The zero-order valence-corrected chi connectivity index (χ0v) is 13.9. The van der Waals surface area contributed by atoms with E-state index in [2.05, 4.69) is 10.6 Å². The molecule has 124 valence electrons. The van der Waals surface area contributed by atoms with Crippen molar-refractivity contribution in [1.29, 1.82) is 0 Å². The second-order valence-corrected chi connectivity index (χ2v) is 7.30. The fourth-order valence-electron chi connectivity index (χ4n) is 2.56. The molecule has 1 aromatic rings. The molecule has 0 aromatic heterocycles. The van der Waals surface area contributed by atoms with Gasteiger partial charge in [-0.1, -0.05) is 12.1 Å². The van der Waals surface area contributed by atoms with Crippen LogP contribution in [0.2, 0.25) is 0 Å². The van der Waals surface area contributed by atoms with E-state index in [1.807, 2.05) is 38.1 Å². The Bertz CT molecular complexity index is 620. The Balaban J connectivity index is 1.50. The summed E-state index contributed by atoms with van der Waals surface area (Å²) in [6, 6.07) is 7.59. The molecule has 1 aromatic carbocycles. The van der Waals surface area contributed by atoms with Gasteiger partial charge < -0.3 is 20.1 Å². The molecule has 2 amide bonds. The topological polar surface area (TPSA) is 76.7 Å². The number of hydrogen-bond donors (Lipinski definition) is 2. The summed E-state index contributed by atoms with van der Waals surface area (Å²) in [5, 5.41) is 5.24. The third-order valence-corrected chi connectivity index (χ3v) is 4.95. The molecule has 0 bridgehead atoms. The van der Waals surface area contributed by atoms with Gasteiger partial charge in [0.2, 0.25) is 11.8 Å². The van der Waals surface area contributed by atoms with E-state index in [4.69, 9.17) is 9.47 Å². The minimum atomic E-state index is -0.599. The fraction of sp³-hybridized carbons (Fsp3) is 0.500. The van der Waals surface area contributed by atoms with Gasteiger partial charge in [-0.25, -0.2) is 0 Å². The van der Waals surface area contributed by atoms with Crippen molar-refractivity contribution in [2.45, 2.75) is 42.3 Å². The molecule has 0 spiro atoms. The Labute approximate surface area is 139 Å². The van der Waals surface area contributed by atoms with Crippen molar-refractivity contribution in [1.82, 2.24) is 5.32 Å². The van der Waals surface area contributed by atoms with Crippen LogP contribution in [0.1, 0.15) is 20.3 Å². The van der Waals surface area contributed by atoms with Gasteiger partial charge in [0.05, 0.1) is 17.5 Å². The largest absolute Gasteiger partial charge is 0.353 e. The van der Waals surface area contributed by atoms with Gasteiger partial charge in [-0.2, -0.15) is 0 Å². The van der Waals surface area contributed by atoms with E-state index >= 15 is 0 Å². The SMILES string of the molecule is CC1(C)OCC(CNC(=O)CC2Sc3ccccc3NC2=O)O1. The van der Waals surface area contributed by atoms with Crippen LogP contribution in [0.5, 0.6) is 0 Å². The van der Waals surface area contributed by atoms with Crippen molar-refractivity contribution < 1.29 is 19.1 Å². The second kappa shape index (κ2) is 6.51. The molecular formula is C16H20N2O4S. The third kappa shape index (κ3) is 4.04. The van der Waals surface area contributed by atoms with Gasteiger partial charge >= 0.3 is 0 Å². The molecule has 1 saturated heterocycles. The summed E-state index contributed by atoms with van der Waals surface area (Å²) in [4.78, 5) is 25.2. The van der Waals surface area contributed by atoms with Gasteiger partial charge in [0.25, 0.3) is 0 Å². The molecule has 7 heteroatoms. The maximum absolute atomic E-state index is 12.1. The number of carbonyl (C=O) groups is 2. The Morgan fingerprint density at radius 3 is 2.96 bits per heavy atom. The van der Waals surface area contributed by atoms with Crippen LogP contribution in [0, 0.1) is 0 Å². The molecule has 23 heavy (non-hydrogen) atoms. The average molecular weight is 336 g/mol. The van der Waals surface area contributed by atoms with E-state index in [1.54, 1.807) is 0 Å². The van der Waals surface area contributed by atoms with E-state index in [1.165, 1.54) is 11.8 Å². The van der Waals surface area contributed by atoms with Crippen molar-refractivity contribution >= 4 is 29.3 Å². The van der Waals surface area contributed by atoms with Gasteiger partial charge in [-0.05, 0) is 26.0 Å². The van der Waals surface area contributed by atoms with Gasteiger partial charge in [0.15, 0.2) is 5.79 Å². The van der Waals surface area contributed by atoms with Crippen molar-refractivity contribution in [3.05, 3.63) is 24.3 Å². The zero-order valence-electron chi connectivity index (χ0n) is 13.1. The van der Waals surface area contributed by atoms with E-state index in [0.29, 0.717) is 13.2 Å². The predicted molar refractivity (Wildman–Crippen MR) is 87.2 cm³/mol. The van der Waals surface area contributed by atoms with Crippen LogP contribution in [0.3, 0.4) is 0 Å². The first kappa shape index (κ1) is 16.3. The van der Waals surface area contributed by atoms with Crippen LogP contribution in [0.25, 0.3) is 0 Å². The van der Waals surface area contributed by atoms with E-state index < -0.39 is 11.0 Å². The normalized spacial score (nSPS) is 25.6. The molecule has 6 nitrogen and oxygen atoms in total. The lowest BCUT2D eigenvalue weighted by Crippen LogP contribution is -2.38. The summed E-state index contributed by atoms with van der Waals surface area (Å²) < 4.78 is 11.1. The minimum absolute atomic E-state index is 0.134. The lowest BCUT2D eigenvalue weighted by molar-refractivity contribution is -0.139. The number of rotatable bonds is 4. The van der Waals surface area contributed by atoms with Crippen LogP contribution < -0.4 is 10.6 Å². The fourth-order valence-corrected chi connectivity index (χ4v) is 3.67. The van der Waals surface area contributed by atoms with E-state index in [-0.39, 0.29) is 24.3 Å². The first-order chi connectivity index (χ1) is 10.9. The van der Waals surface area contributed by atoms with Crippen molar-refractivity contribution in [2.75, 3.05) is 18.5 Å². The Morgan fingerprint density at radius 2 is 2.22 bits per heavy atom. The maximum Gasteiger partial charge on any atom is 0.238 e. The molecule has 2 unspecified atom stereocenters. The number of carbonyl (C=O) groups excluding carboxylic acids is 2. The summed E-state index contributed by atoms with van der Waals surface area (Å²) in [6.45, 7) is 4.53. The highest BCUT2D eigenvalue weighted by molar-refractivity contribution is 8.01. The number of hydrogen-bond acceptors (Lipinski definition) is 5. The highest BCUT2D eigenvalue weighted by Crippen LogP contribution is 2.36. The molecule has 2 N–H and O–H groups in total. The minimum Gasteiger partial charge on any atom is -0.353 e. The standard InChI is InChI=1S/C16H20N2O4S/c1-16(2)21-9-10(22-16)8-17-14(19)7-13-15(20)18-11-5-3-4-6-12(11)23-13/h3-6,10,13H,7-9H2,1-2H3,(H,17,19)(H,18,20). The molecule has 2 aliphatic rings. The van der Waals surface area contributed by atoms with E-state index in [9.17, 15) is 9.59 Å². The highest BCUT2D eigenvalue weighted by Gasteiger charge is 2.33. The summed E-state index contributed by atoms with van der Waals surface area (Å²) >= 11 is 1.42. The van der Waals surface area contributed by atoms with Crippen LogP contribution in [-0.2, 0) is 19.1 Å². The number of ether oxygens (including phenoxy) is 2. The van der Waals surface area contributed by atoms with Crippen LogP contribution in [0.15, 0.2) is 29.2 Å². The Hall–Kier alpha value is -1.57. The quantitative estimate of drug-likeness (QED) is 0.876. The number of amides is 2. The maximum atomic E-state index is 12.1. The number of para-hydroxylation sites is 1. The van der Waals surface area contributed by atoms with Gasteiger partial charge in [-0.3, -0.25) is 9.59 Å². The Morgan fingerprint density at radius 1 is 1.43 bits per heavy atom. The average Bonchev–Trinajstić information content (AvgIpc) is 2.85. The summed E-state index contributed by atoms with van der Waals surface area (Å²) in [5.41, 5.74) is 0.804. The molecular weight excluding hydrogens is 316 g/mol. The van der Waals surface area contributed by atoms with Gasteiger partial charge in [-0.15, -0.1) is 11.8 Å². The summed E-state index contributed by atoms with van der Waals surface area (Å²) in [5.74, 6) is -0.895. The molecule has 3 rings (SSSR count). The van der Waals surface area contributed by atoms with Gasteiger partial charge in [0.1, 0.15) is 6.10 Å². The number of benzene rings is 1. The van der Waals surface area contributed by atoms with Crippen LogP contribution in [0.4, 0.5) is 5.69 Å².